The van der Waals surface area contributed by atoms with Crippen LogP contribution >= 0.6 is 11.3 Å². The Morgan fingerprint density at radius 1 is 1.38 bits per heavy atom. The van der Waals surface area contributed by atoms with Crippen molar-refractivity contribution in [3.8, 4) is 18.4 Å². The highest BCUT2D eigenvalue weighted by Crippen LogP contribution is 2.29. The number of pyridine rings is 1. The van der Waals surface area contributed by atoms with Crippen LogP contribution in [-0.4, -0.2) is 46.5 Å². The number of alkyl halides is 2. The van der Waals surface area contributed by atoms with Gasteiger partial charge in [-0.05, 0) is 45.0 Å². The molecule has 0 saturated carbocycles. The minimum absolute atomic E-state index is 0.0588. The SMILES string of the molecule is C#CCNC(=O)/C(C#N)=c1\s/c(=C/Nc2cccc(C(F)(F)CN3CCCC3)n2)c(=O)n1CC. The third kappa shape index (κ3) is 5.68. The highest BCUT2D eigenvalue weighted by atomic mass is 32.1. The maximum absolute atomic E-state index is 14.7. The zero-order chi connectivity index (χ0) is 24.7. The molecule has 11 heteroatoms. The molecule has 0 aliphatic carbocycles. The summed E-state index contributed by atoms with van der Waals surface area (Å²) in [4.78, 5) is 30.8. The average molecular weight is 487 g/mol. The molecular formula is C23H24F2N6O2S. The van der Waals surface area contributed by atoms with Gasteiger partial charge in [-0.1, -0.05) is 12.0 Å². The van der Waals surface area contributed by atoms with Crippen molar-refractivity contribution in [1.29, 1.82) is 5.26 Å². The summed E-state index contributed by atoms with van der Waals surface area (Å²) in [6, 6.07) is 6.08. The van der Waals surface area contributed by atoms with Crippen LogP contribution in [0.4, 0.5) is 14.6 Å². The molecule has 1 saturated heterocycles. The summed E-state index contributed by atoms with van der Waals surface area (Å²) in [6.07, 6.45) is 8.29. The molecule has 0 radical (unpaired) electrons. The molecule has 0 bridgehead atoms. The van der Waals surface area contributed by atoms with Crippen LogP contribution in [0.2, 0.25) is 0 Å². The number of anilines is 1. The molecular weight excluding hydrogens is 462 g/mol. The Hall–Kier alpha value is -3.54. The summed E-state index contributed by atoms with van der Waals surface area (Å²) in [6.45, 7) is 2.77. The van der Waals surface area contributed by atoms with Crippen molar-refractivity contribution >= 4 is 34.8 Å². The Labute approximate surface area is 199 Å². The molecule has 2 aromatic rings. The first-order valence-corrected chi connectivity index (χ1v) is 11.5. The van der Waals surface area contributed by atoms with Crippen LogP contribution in [0, 0.1) is 23.7 Å². The van der Waals surface area contributed by atoms with Gasteiger partial charge in [0.25, 0.3) is 11.5 Å². The lowest BCUT2D eigenvalue weighted by molar-refractivity contribution is -0.115. The highest BCUT2D eigenvalue weighted by Gasteiger charge is 2.36. The van der Waals surface area contributed by atoms with Crippen molar-refractivity contribution in [2.75, 3.05) is 31.5 Å². The van der Waals surface area contributed by atoms with Crippen molar-refractivity contribution in [1.82, 2.24) is 19.8 Å². The van der Waals surface area contributed by atoms with Crippen molar-refractivity contribution in [3.63, 3.8) is 0 Å². The van der Waals surface area contributed by atoms with Gasteiger partial charge in [-0.25, -0.2) is 4.98 Å². The number of carbonyl (C=O) groups excluding carboxylic acids is 1. The van der Waals surface area contributed by atoms with E-state index >= 15 is 0 Å². The average Bonchev–Trinajstić information content (AvgIpc) is 3.44. The smallest absolute Gasteiger partial charge is 0.302 e. The van der Waals surface area contributed by atoms with Crippen LogP contribution in [0.15, 0.2) is 23.0 Å². The maximum Gasteiger partial charge on any atom is 0.302 e. The number of likely N-dealkylation sites (tertiary alicyclic amines) is 1. The molecule has 1 aliphatic rings. The number of terminal acetylenes is 1. The van der Waals surface area contributed by atoms with Gasteiger partial charge in [-0.15, -0.1) is 17.8 Å². The number of nitrogens with zero attached hydrogens (tertiary/aromatic N) is 4. The quantitative estimate of drug-likeness (QED) is 0.535. The first kappa shape index (κ1) is 25.1. The number of nitrogens with one attached hydrogen (secondary N) is 2. The second-order valence-corrected chi connectivity index (χ2v) is 8.61. The standard InChI is InChI=1S/C23H24F2N6O2S/c1-3-10-27-20(32)16(13-26)22-31(4-2)21(33)17(34-22)14-28-19-9-7-8-18(29-19)23(24,25)15-30-11-5-6-12-30/h1,7-9,14H,4-6,10-12,15H2,2H3,(H,27,32)(H,28,29)/b17-14+,22-16-. The molecule has 0 unspecified atom stereocenters. The van der Waals surface area contributed by atoms with E-state index in [2.05, 4.69) is 21.5 Å². The Kier molecular flexibility index (Phi) is 8.16. The van der Waals surface area contributed by atoms with Gasteiger partial charge in [-0.3, -0.25) is 19.1 Å². The maximum atomic E-state index is 14.7. The minimum atomic E-state index is -3.12. The molecule has 3 heterocycles. The Bertz CT molecular complexity index is 1310. The molecule has 1 amide bonds. The van der Waals surface area contributed by atoms with E-state index in [0.29, 0.717) is 13.1 Å². The van der Waals surface area contributed by atoms with Gasteiger partial charge in [0.15, 0.2) is 5.57 Å². The summed E-state index contributed by atoms with van der Waals surface area (Å²) in [5.74, 6) is -1.40. The van der Waals surface area contributed by atoms with Crippen LogP contribution in [0.25, 0.3) is 11.8 Å². The number of amides is 1. The minimum Gasteiger partial charge on any atom is -0.345 e. The molecule has 2 aromatic heterocycles. The van der Waals surface area contributed by atoms with Gasteiger partial charge in [0, 0.05) is 12.7 Å². The summed E-state index contributed by atoms with van der Waals surface area (Å²) < 4.78 is 31.1. The van der Waals surface area contributed by atoms with E-state index in [1.54, 1.807) is 11.8 Å². The van der Waals surface area contributed by atoms with Crippen LogP contribution in [0.1, 0.15) is 25.5 Å². The summed E-state index contributed by atoms with van der Waals surface area (Å²) in [5.41, 5.74) is -1.02. The summed E-state index contributed by atoms with van der Waals surface area (Å²) >= 11 is 0.933. The van der Waals surface area contributed by atoms with Gasteiger partial charge in [-0.2, -0.15) is 14.0 Å². The number of hydrogen-bond donors (Lipinski definition) is 2. The number of halogens is 2. The van der Waals surface area contributed by atoms with E-state index in [0.717, 1.165) is 24.2 Å². The third-order valence-electron chi connectivity index (χ3n) is 5.22. The van der Waals surface area contributed by atoms with Gasteiger partial charge < -0.3 is 10.6 Å². The monoisotopic (exact) mass is 486 g/mol. The molecule has 0 aromatic carbocycles. The van der Waals surface area contributed by atoms with Gasteiger partial charge >= 0.3 is 5.92 Å². The van der Waals surface area contributed by atoms with E-state index in [-0.39, 0.29) is 39.4 Å². The Balaban J connectivity index is 1.92. The second-order valence-electron chi connectivity index (χ2n) is 7.58. The van der Waals surface area contributed by atoms with Crippen molar-refractivity contribution in [2.45, 2.75) is 32.2 Å². The van der Waals surface area contributed by atoms with Gasteiger partial charge in [0.2, 0.25) is 0 Å². The fourth-order valence-electron chi connectivity index (χ4n) is 3.57. The second kappa shape index (κ2) is 11.1. The zero-order valence-corrected chi connectivity index (χ0v) is 19.4. The number of nitriles is 1. The van der Waals surface area contributed by atoms with E-state index in [9.17, 15) is 23.6 Å². The molecule has 2 N–H and O–H groups in total. The highest BCUT2D eigenvalue weighted by molar-refractivity contribution is 7.07. The number of thiazole rings is 1. The fourth-order valence-corrected chi connectivity index (χ4v) is 4.66. The number of aromatic nitrogens is 2. The van der Waals surface area contributed by atoms with E-state index in [1.165, 1.54) is 29.0 Å². The first-order valence-electron chi connectivity index (χ1n) is 10.7. The van der Waals surface area contributed by atoms with E-state index in [1.807, 2.05) is 6.07 Å². The lowest BCUT2D eigenvalue weighted by Crippen LogP contribution is -2.34. The predicted molar refractivity (Wildman–Crippen MR) is 126 cm³/mol. The topological polar surface area (TPSA) is 103 Å². The van der Waals surface area contributed by atoms with Crippen LogP contribution in [0.5, 0.6) is 0 Å². The van der Waals surface area contributed by atoms with Crippen molar-refractivity contribution < 1.29 is 13.6 Å². The fraction of sp³-hybridized carbons (Fsp3) is 0.391. The summed E-state index contributed by atoms with van der Waals surface area (Å²) in [7, 11) is 0. The number of rotatable bonds is 8. The first-order chi connectivity index (χ1) is 16.3. The van der Waals surface area contributed by atoms with Crippen LogP contribution in [-0.2, 0) is 17.3 Å². The van der Waals surface area contributed by atoms with Gasteiger partial charge in [0.1, 0.15) is 26.8 Å². The van der Waals surface area contributed by atoms with Crippen LogP contribution < -0.4 is 25.4 Å². The molecule has 0 spiro atoms. The Morgan fingerprint density at radius 3 is 2.76 bits per heavy atom. The largest absolute Gasteiger partial charge is 0.345 e. The number of carbonyl (C=O) groups is 1. The predicted octanol–water partition coefficient (Wildman–Crippen LogP) is 0.786. The lowest BCUT2D eigenvalue weighted by atomic mass is 10.2. The molecule has 178 valence electrons. The Morgan fingerprint density at radius 2 is 2.12 bits per heavy atom. The van der Waals surface area contributed by atoms with E-state index < -0.39 is 23.9 Å². The zero-order valence-electron chi connectivity index (χ0n) is 18.6. The van der Waals surface area contributed by atoms with Crippen molar-refractivity contribution in [3.05, 3.63) is 43.4 Å². The molecule has 0 atom stereocenters. The molecule has 1 aliphatic heterocycles. The third-order valence-corrected chi connectivity index (χ3v) is 6.35. The molecule has 1 fully saturated rings. The lowest BCUT2D eigenvalue weighted by Gasteiger charge is -2.22. The van der Waals surface area contributed by atoms with Crippen molar-refractivity contribution in [2.24, 2.45) is 0 Å². The molecule has 3 rings (SSSR count). The van der Waals surface area contributed by atoms with E-state index in [4.69, 9.17) is 6.42 Å². The number of hydrogen-bond acceptors (Lipinski definition) is 7. The normalized spacial score (nSPS) is 15.5. The van der Waals surface area contributed by atoms with Crippen LogP contribution in [0.3, 0.4) is 0 Å². The molecule has 8 nitrogen and oxygen atoms in total. The van der Waals surface area contributed by atoms with Gasteiger partial charge in [0.05, 0.1) is 13.1 Å². The summed E-state index contributed by atoms with van der Waals surface area (Å²) in [5, 5.41) is 14.7. The molecule has 34 heavy (non-hydrogen) atoms.